The average Bonchev–Trinajstić information content (AvgIpc) is 2.90. The number of hydrogen-bond acceptors (Lipinski definition) is 1. The van der Waals surface area contributed by atoms with Crippen molar-refractivity contribution < 1.29 is 21.8 Å². The molecule has 0 N–H and O–H groups in total. The summed E-state index contributed by atoms with van der Waals surface area (Å²) in [7, 11) is 2.05. The molecule has 1 aliphatic heterocycles. The summed E-state index contributed by atoms with van der Waals surface area (Å²) >= 11 is 0. The third-order valence-corrected chi connectivity index (χ3v) is 4.06. The molecule has 1 amide bonds. The number of halogens is 1. The molecule has 0 saturated carbocycles. The molecule has 0 bridgehead atoms. The van der Waals surface area contributed by atoms with Crippen LogP contribution in [0.5, 0.6) is 0 Å². The molecule has 5 heteroatoms. The molecule has 0 aromatic carbocycles. The van der Waals surface area contributed by atoms with Gasteiger partial charge in [0.1, 0.15) is 11.4 Å². The lowest BCUT2D eigenvalue weighted by Crippen LogP contribution is -3.00. The van der Waals surface area contributed by atoms with Crippen molar-refractivity contribution >= 4 is 5.91 Å². The monoisotopic (exact) mass is 271 g/mol. The lowest BCUT2D eigenvalue weighted by atomic mass is 10.3. The molecule has 0 radical (unpaired) electrons. The largest absolute Gasteiger partial charge is 1.00 e. The maximum atomic E-state index is 12.1. The number of nitrogens with zero attached hydrogens (tertiary/aromatic N) is 3. The normalized spacial score (nSPS) is 14.8. The highest BCUT2D eigenvalue weighted by Gasteiger charge is 2.25. The molecule has 0 unspecified atom stereocenters. The number of likely N-dealkylation sites (tertiary alicyclic amines) is 1. The summed E-state index contributed by atoms with van der Waals surface area (Å²) in [5.41, 5.74) is 2.43. The topological polar surface area (TPSA) is 29.1 Å². The van der Waals surface area contributed by atoms with E-state index in [0.717, 1.165) is 31.8 Å². The molecule has 0 atom stereocenters. The number of amides is 1. The van der Waals surface area contributed by atoms with Gasteiger partial charge in [0.25, 0.3) is 11.7 Å². The van der Waals surface area contributed by atoms with Crippen molar-refractivity contribution in [1.29, 1.82) is 0 Å². The SMILES string of the molecule is Cc1c(C)[n+](C)c(C)n1CC(=O)N1CCCC1.[Cl-]. The highest BCUT2D eigenvalue weighted by Crippen LogP contribution is 2.11. The molecular weight excluding hydrogens is 250 g/mol. The second-order valence-corrected chi connectivity index (χ2v) is 4.95. The standard InChI is InChI=1S/C13H22N3O.ClH/c1-10-11(2)16(12(3)14(10)4)9-13(17)15-7-5-6-8-15;/h5-9H2,1-4H3;1H/q+1;/p-1. The summed E-state index contributed by atoms with van der Waals surface area (Å²) in [5, 5.41) is 0. The van der Waals surface area contributed by atoms with Crippen molar-refractivity contribution in [3.8, 4) is 0 Å². The van der Waals surface area contributed by atoms with Crippen LogP contribution in [-0.4, -0.2) is 28.5 Å². The van der Waals surface area contributed by atoms with Gasteiger partial charge in [0.05, 0.1) is 7.05 Å². The van der Waals surface area contributed by atoms with Gasteiger partial charge in [0.15, 0.2) is 6.54 Å². The van der Waals surface area contributed by atoms with Crippen molar-refractivity contribution in [1.82, 2.24) is 9.47 Å². The predicted octanol–water partition coefficient (Wildman–Crippen LogP) is -2.14. The van der Waals surface area contributed by atoms with Crippen LogP contribution in [0.3, 0.4) is 0 Å². The van der Waals surface area contributed by atoms with Crippen molar-refractivity contribution in [3.63, 3.8) is 0 Å². The van der Waals surface area contributed by atoms with Gasteiger partial charge in [-0.25, -0.2) is 9.13 Å². The Balaban J connectivity index is 0.00000162. The average molecular weight is 272 g/mol. The van der Waals surface area contributed by atoms with Crippen LogP contribution in [-0.2, 0) is 18.4 Å². The summed E-state index contributed by atoms with van der Waals surface area (Å²) in [6.45, 7) is 8.60. The Morgan fingerprint density at radius 3 is 2.22 bits per heavy atom. The molecular formula is C13H22ClN3O. The van der Waals surface area contributed by atoms with Gasteiger partial charge in [0, 0.05) is 33.9 Å². The molecule has 0 aliphatic carbocycles. The number of aromatic nitrogens is 2. The minimum absolute atomic E-state index is 0. The summed E-state index contributed by atoms with van der Waals surface area (Å²) in [6, 6.07) is 0. The maximum Gasteiger partial charge on any atom is 0.264 e. The fraction of sp³-hybridized carbons (Fsp3) is 0.692. The van der Waals surface area contributed by atoms with Crippen LogP contribution in [0.15, 0.2) is 0 Å². The first-order chi connectivity index (χ1) is 8.02. The Morgan fingerprint density at radius 1 is 1.22 bits per heavy atom. The molecule has 102 valence electrons. The van der Waals surface area contributed by atoms with E-state index in [1.807, 2.05) is 4.90 Å². The molecule has 18 heavy (non-hydrogen) atoms. The Hall–Kier alpha value is -1.03. The minimum Gasteiger partial charge on any atom is -1.00 e. The first-order valence-corrected chi connectivity index (χ1v) is 6.32. The van der Waals surface area contributed by atoms with Gasteiger partial charge >= 0.3 is 0 Å². The van der Waals surface area contributed by atoms with E-state index in [9.17, 15) is 4.79 Å². The van der Waals surface area contributed by atoms with Crippen molar-refractivity contribution in [2.75, 3.05) is 13.1 Å². The van der Waals surface area contributed by atoms with Gasteiger partial charge < -0.3 is 17.3 Å². The maximum absolute atomic E-state index is 12.1. The fourth-order valence-corrected chi connectivity index (χ4v) is 2.54. The summed E-state index contributed by atoms with van der Waals surface area (Å²) in [5.74, 6) is 1.40. The molecule has 1 aromatic heterocycles. The van der Waals surface area contributed by atoms with Gasteiger partial charge in [-0.3, -0.25) is 4.79 Å². The van der Waals surface area contributed by atoms with Gasteiger partial charge in [-0.2, -0.15) is 0 Å². The Labute approximate surface area is 115 Å². The minimum atomic E-state index is 0. The van der Waals surface area contributed by atoms with E-state index < -0.39 is 0 Å². The van der Waals surface area contributed by atoms with E-state index in [1.165, 1.54) is 11.4 Å². The van der Waals surface area contributed by atoms with Crippen LogP contribution < -0.4 is 17.0 Å². The number of carbonyl (C=O) groups excluding carboxylic acids is 1. The van der Waals surface area contributed by atoms with Gasteiger partial charge in [-0.05, 0) is 12.8 Å². The first kappa shape index (κ1) is 15.0. The quantitative estimate of drug-likeness (QED) is 0.565. The zero-order chi connectivity index (χ0) is 12.6. The van der Waals surface area contributed by atoms with E-state index >= 15 is 0 Å². The molecule has 4 nitrogen and oxygen atoms in total. The summed E-state index contributed by atoms with van der Waals surface area (Å²) in [4.78, 5) is 14.1. The highest BCUT2D eigenvalue weighted by molar-refractivity contribution is 5.76. The molecule has 2 heterocycles. The van der Waals surface area contributed by atoms with Crippen molar-refractivity contribution in [3.05, 3.63) is 17.2 Å². The summed E-state index contributed by atoms with van der Waals surface area (Å²) < 4.78 is 4.27. The zero-order valence-corrected chi connectivity index (χ0v) is 12.4. The summed E-state index contributed by atoms with van der Waals surface area (Å²) in [6.07, 6.45) is 2.31. The Bertz CT molecular complexity index is 422. The van der Waals surface area contributed by atoms with Crippen LogP contribution in [0.25, 0.3) is 0 Å². The second-order valence-electron chi connectivity index (χ2n) is 4.95. The Morgan fingerprint density at radius 2 is 1.78 bits per heavy atom. The third kappa shape index (κ3) is 2.53. The molecule has 2 rings (SSSR count). The number of hydrogen-bond donors (Lipinski definition) is 0. The molecule has 1 saturated heterocycles. The van der Waals surface area contributed by atoms with Crippen molar-refractivity contribution in [2.45, 2.75) is 40.2 Å². The van der Waals surface area contributed by atoms with Crippen LogP contribution in [0.4, 0.5) is 0 Å². The number of imidazole rings is 1. The highest BCUT2D eigenvalue weighted by atomic mass is 35.5. The number of rotatable bonds is 2. The van der Waals surface area contributed by atoms with Crippen LogP contribution in [0.2, 0.25) is 0 Å². The van der Waals surface area contributed by atoms with Crippen LogP contribution in [0, 0.1) is 20.8 Å². The predicted molar refractivity (Wildman–Crippen MR) is 65.6 cm³/mol. The number of carbonyl (C=O) groups is 1. The lowest BCUT2D eigenvalue weighted by Gasteiger charge is -2.14. The fourth-order valence-electron chi connectivity index (χ4n) is 2.54. The first-order valence-electron chi connectivity index (χ1n) is 6.32. The second kappa shape index (κ2) is 5.74. The van der Waals surface area contributed by atoms with E-state index in [0.29, 0.717) is 6.54 Å². The third-order valence-electron chi connectivity index (χ3n) is 4.06. The van der Waals surface area contributed by atoms with E-state index in [1.54, 1.807) is 0 Å². The lowest BCUT2D eigenvalue weighted by molar-refractivity contribution is -0.683. The van der Waals surface area contributed by atoms with Crippen molar-refractivity contribution in [2.24, 2.45) is 7.05 Å². The van der Waals surface area contributed by atoms with Gasteiger partial charge in [-0.15, -0.1) is 0 Å². The molecule has 1 aromatic rings. The van der Waals surface area contributed by atoms with Crippen LogP contribution >= 0.6 is 0 Å². The zero-order valence-electron chi connectivity index (χ0n) is 11.7. The van der Waals surface area contributed by atoms with Gasteiger partial charge in [-0.1, -0.05) is 0 Å². The van der Waals surface area contributed by atoms with E-state index in [-0.39, 0.29) is 18.3 Å². The van der Waals surface area contributed by atoms with E-state index in [2.05, 4.69) is 37.0 Å². The molecule has 1 aliphatic rings. The molecule has 0 spiro atoms. The van der Waals surface area contributed by atoms with E-state index in [4.69, 9.17) is 0 Å². The van der Waals surface area contributed by atoms with Gasteiger partial charge in [0.2, 0.25) is 0 Å². The molecule has 1 fully saturated rings. The van der Waals surface area contributed by atoms with Crippen LogP contribution in [0.1, 0.15) is 30.1 Å². The smallest absolute Gasteiger partial charge is 0.264 e. The Kier molecular flexibility index (Phi) is 4.79.